The number of rotatable bonds is 7. The van der Waals surface area contributed by atoms with Gasteiger partial charge in [0.15, 0.2) is 0 Å². The van der Waals surface area contributed by atoms with Crippen LogP contribution < -0.4 is 0 Å². The summed E-state index contributed by atoms with van der Waals surface area (Å²) < 4.78 is 0. The monoisotopic (exact) mass is 275 g/mol. The molecule has 0 fully saturated rings. The zero-order chi connectivity index (χ0) is 15.0. The zero-order valence-corrected chi connectivity index (χ0v) is 12.0. The van der Waals surface area contributed by atoms with E-state index in [4.69, 9.17) is 5.11 Å². The fourth-order valence-corrected chi connectivity index (χ4v) is 1.84. The van der Waals surface area contributed by atoms with E-state index in [1.165, 1.54) is 6.08 Å². The van der Waals surface area contributed by atoms with Crippen molar-refractivity contribution in [3.05, 3.63) is 41.5 Å². The molecule has 20 heavy (non-hydrogen) atoms. The van der Waals surface area contributed by atoms with E-state index in [1.807, 2.05) is 11.8 Å². The topological polar surface area (TPSA) is 57.6 Å². The van der Waals surface area contributed by atoms with Crippen molar-refractivity contribution in [2.45, 2.75) is 26.7 Å². The minimum Gasteiger partial charge on any atom is -0.478 e. The quantitative estimate of drug-likeness (QED) is 0.778. The molecule has 0 saturated heterocycles. The molecule has 1 rings (SSSR count). The van der Waals surface area contributed by atoms with E-state index in [0.717, 1.165) is 31.0 Å². The van der Waals surface area contributed by atoms with Crippen molar-refractivity contribution in [1.82, 2.24) is 4.90 Å². The van der Waals surface area contributed by atoms with Crippen molar-refractivity contribution in [2.75, 3.05) is 13.1 Å². The Bertz CT molecular complexity index is 477. The number of hydrogen-bond acceptors (Lipinski definition) is 2. The van der Waals surface area contributed by atoms with Gasteiger partial charge in [0.1, 0.15) is 0 Å². The fraction of sp³-hybridized carbons (Fsp3) is 0.375. The summed E-state index contributed by atoms with van der Waals surface area (Å²) in [6.07, 6.45) is 4.64. The molecule has 1 aromatic carbocycles. The van der Waals surface area contributed by atoms with Crippen molar-refractivity contribution >= 4 is 18.0 Å². The highest BCUT2D eigenvalue weighted by Gasteiger charge is 2.12. The molecule has 1 N–H and O–H groups in total. The second kappa shape index (κ2) is 8.15. The number of carbonyl (C=O) groups excluding carboxylic acids is 1. The van der Waals surface area contributed by atoms with Gasteiger partial charge in [-0.1, -0.05) is 25.5 Å². The first-order valence-corrected chi connectivity index (χ1v) is 6.88. The van der Waals surface area contributed by atoms with Gasteiger partial charge in [0.2, 0.25) is 0 Å². The Kier molecular flexibility index (Phi) is 6.50. The third-order valence-corrected chi connectivity index (χ3v) is 3.03. The summed E-state index contributed by atoms with van der Waals surface area (Å²) in [7, 11) is 0. The van der Waals surface area contributed by atoms with Crippen LogP contribution in [0.3, 0.4) is 0 Å². The zero-order valence-electron chi connectivity index (χ0n) is 12.0. The molecule has 0 aromatic heterocycles. The van der Waals surface area contributed by atoms with Crippen LogP contribution in [-0.4, -0.2) is 35.0 Å². The minimum absolute atomic E-state index is 0.0229. The number of benzene rings is 1. The average molecular weight is 275 g/mol. The summed E-state index contributed by atoms with van der Waals surface area (Å²) in [4.78, 5) is 24.5. The lowest BCUT2D eigenvalue weighted by atomic mass is 10.1. The Balaban J connectivity index is 2.76. The molecule has 0 aliphatic rings. The molecule has 0 unspecified atom stereocenters. The van der Waals surface area contributed by atoms with Gasteiger partial charge in [-0.2, -0.15) is 0 Å². The number of carboxylic acids is 1. The van der Waals surface area contributed by atoms with Gasteiger partial charge >= 0.3 is 5.97 Å². The highest BCUT2D eigenvalue weighted by atomic mass is 16.4. The summed E-state index contributed by atoms with van der Waals surface area (Å²) in [6, 6.07) is 6.97. The third kappa shape index (κ3) is 4.88. The smallest absolute Gasteiger partial charge is 0.328 e. The first kappa shape index (κ1) is 16.0. The van der Waals surface area contributed by atoms with Crippen LogP contribution in [0.15, 0.2) is 30.3 Å². The van der Waals surface area contributed by atoms with E-state index in [1.54, 1.807) is 24.3 Å². The van der Waals surface area contributed by atoms with E-state index < -0.39 is 5.97 Å². The molecular formula is C16H21NO3. The van der Waals surface area contributed by atoms with Gasteiger partial charge in [-0.05, 0) is 37.1 Å². The molecule has 1 amide bonds. The molecule has 0 radical (unpaired) electrons. The first-order chi connectivity index (χ1) is 9.58. The van der Waals surface area contributed by atoms with Gasteiger partial charge in [-0.15, -0.1) is 0 Å². The molecule has 0 atom stereocenters. The van der Waals surface area contributed by atoms with E-state index >= 15 is 0 Å². The molecule has 1 aromatic rings. The lowest BCUT2D eigenvalue weighted by molar-refractivity contribution is -0.131. The van der Waals surface area contributed by atoms with Crippen LogP contribution in [0, 0.1) is 0 Å². The van der Waals surface area contributed by atoms with Crippen molar-refractivity contribution in [1.29, 1.82) is 0 Å². The Morgan fingerprint density at radius 2 is 1.85 bits per heavy atom. The highest BCUT2D eigenvalue weighted by Crippen LogP contribution is 2.10. The van der Waals surface area contributed by atoms with E-state index in [0.29, 0.717) is 12.1 Å². The number of carboxylic acid groups (broad SMARTS) is 1. The summed E-state index contributed by atoms with van der Waals surface area (Å²) >= 11 is 0. The number of nitrogens with zero attached hydrogens (tertiary/aromatic N) is 1. The van der Waals surface area contributed by atoms with Gasteiger partial charge in [-0.25, -0.2) is 4.79 Å². The van der Waals surface area contributed by atoms with Crippen LogP contribution in [0.4, 0.5) is 0 Å². The first-order valence-electron chi connectivity index (χ1n) is 6.88. The summed E-state index contributed by atoms with van der Waals surface area (Å²) in [5.41, 5.74) is 1.40. The molecule has 4 nitrogen and oxygen atoms in total. The van der Waals surface area contributed by atoms with Gasteiger partial charge in [0.05, 0.1) is 0 Å². The number of amides is 1. The third-order valence-electron chi connectivity index (χ3n) is 3.03. The molecule has 4 heteroatoms. The normalized spacial score (nSPS) is 10.7. The van der Waals surface area contributed by atoms with Gasteiger partial charge < -0.3 is 10.0 Å². The van der Waals surface area contributed by atoms with Gasteiger partial charge in [0.25, 0.3) is 5.91 Å². The van der Waals surface area contributed by atoms with Crippen molar-refractivity contribution in [3.8, 4) is 0 Å². The lowest BCUT2D eigenvalue weighted by Gasteiger charge is -2.20. The molecule has 0 saturated carbocycles. The maximum atomic E-state index is 12.3. The largest absolute Gasteiger partial charge is 0.478 e. The second-order valence-electron chi connectivity index (χ2n) is 4.53. The Morgan fingerprint density at radius 3 is 2.35 bits per heavy atom. The standard InChI is InChI=1S/C16H21NO3/c1-3-5-12-17(4-2)16(20)14-9-6-13(7-10-14)8-11-15(18)19/h6-11H,3-5,12H2,1-2H3,(H,18,19). The molecule has 108 valence electrons. The van der Waals surface area contributed by atoms with Crippen molar-refractivity contribution in [3.63, 3.8) is 0 Å². The molecule has 0 heterocycles. The van der Waals surface area contributed by atoms with Crippen LogP contribution in [0.1, 0.15) is 42.6 Å². The van der Waals surface area contributed by atoms with E-state index in [-0.39, 0.29) is 5.91 Å². The lowest BCUT2D eigenvalue weighted by Crippen LogP contribution is -2.31. The minimum atomic E-state index is -0.984. The van der Waals surface area contributed by atoms with Crippen LogP contribution in [-0.2, 0) is 4.79 Å². The molecule has 0 spiro atoms. The molecule has 0 aliphatic carbocycles. The Hall–Kier alpha value is -2.10. The maximum Gasteiger partial charge on any atom is 0.328 e. The van der Waals surface area contributed by atoms with Gasteiger partial charge in [-0.3, -0.25) is 4.79 Å². The fourth-order valence-electron chi connectivity index (χ4n) is 1.84. The average Bonchev–Trinajstić information content (AvgIpc) is 2.46. The summed E-state index contributed by atoms with van der Waals surface area (Å²) in [5.74, 6) is -0.961. The van der Waals surface area contributed by atoms with E-state index in [9.17, 15) is 9.59 Å². The Morgan fingerprint density at radius 1 is 1.20 bits per heavy atom. The van der Waals surface area contributed by atoms with Crippen LogP contribution in [0.5, 0.6) is 0 Å². The van der Waals surface area contributed by atoms with Crippen LogP contribution in [0.2, 0.25) is 0 Å². The molecule has 0 aliphatic heterocycles. The van der Waals surface area contributed by atoms with Crippen LogP contribution >= 0.6 is 0 Å². The highest BCUT2D eigenvalue weighted by molar-refractivity contribution is 5.94. The van der Waals surface area contributed by atoms with Crippen molar-refractivity contribution in [2.24, 2.45) is 0 Å². The Labute approximate surface area is 119 Å². The molecule has 0 bridgehead atoms. The SMILES string of the molecule is CCCCN(CC)C(=O)c1ccc(C=CC(=O)O)cc1. The number of carbonyl (C=O) groups is 2. The van der Waals surface area contributed by atoms with Crippen molar-refractivity contribution < 1.29 is 14.7 Å². The van der Waals surface area contributed by atoms with E-state index in [2.05, 4.69) is 6.92 Å². The molecular weight excluding hydrogens is 254 g/mol. The predicted molar refractivity (Wildman–Crippen MR) is 79.6 cm³/mol. The predicted octanol–water partition coefficient (Wildman–Crippen LogP) is 3.05. The second-order valence-corrected chi connectivity index (χ2v) is 4.53. The summed E-state index contributed by atoms with van der Waals surface area (Å²) in [5, 5.41) is 8.56. The number of hydrogen-bond donors (Lipinski definition) is 1. The van der Waals surface area contributed by atoms with Crippen LogP contribution in [0.25, 0.3) is 6.08 Å². The van der Waals surface area contributed by atoms with Gasteiger partial charge in [0, 0.05) is 24.7 Å². The number of unbranched alkanes of at least 4 members (excludes halogenated alkanes) is 1. The maximum absolute atomic E-state index is 12.3. The number of aliphatic carboxylic acids is 1. The summed E-state index contributed by atoms with van der Waals surface area (Å²) in [6.45, 7) is 5.53.